The first-order chi connectivity index (χ1) is 28.3. The highest BCUT2D eigenvalue weighted by molar-refractivity contribution is 6.13. The molecular weight excluding hydrogens is 751 g/mol. The van der Waals surface area contributed by atoms with E-state index in [-0.39, 0.29) is 35.6 Å². The van der Waals surface area contributed by atoms with Gasteiger partial charge in [0, 0.05) is 48.3 Å². The van der Waals surface area contributed by atoms with Crippen LogP contribution in [0.15, 0.2) is 65.4 Å². The third kappa shape index (κ3) is 8.33. The number of benzene rings is 3. The number of piperidine rings is 1. The Hall–Kier alpha value is -6.35. The molecule has 0 unspecified atom stereocenters. The summed E-state index contributed by atoms with van der Waals surface area (Å²) in [6.45, 7) is 11.3. The standard InChI is InChI=1S/C44H49N9O6/c1-23-17-26(9-12-30(23)24(2)49-41(56)42-52-43(53-59-42)44(3,4)5)38-37-31-20-35(57-6)33(21-32(31)50-39(37)48-22-47-38)46-16-15-45-28-18-27(19-28)25-7-10-29(11-8-25)58-34-13-14-36(54)51-40(34)55/h7-12,17,20-22,24,27-28,34,45-46H,13-16,18-19H2,1-6H3,(H,49,56)(H,47,48,50)(H,51,54,55)/t24-,27-,28+,34+/m1/s1. The van der Waals surface area contributed by atoms with Crippen LogP contribution in [0.1, 0.15) is 98.5 Å². The molecule has 3 aromatic carbocycles. The molecule has 1 saturated heterocycles. The molecule has 2 aliphatic rings. The van der Waals surface area contributed by atoms with Crippen LogP contribution in [0.3, 0.4) is 0 Å². The number of hydrogen-bond acceptors (Lipinski definition) is 12. The zero-order chi connectivity index (χ0) is 41.4. The summed E-state index contributed by atoms with van der Waals surface area (Å²) in [4.78, 5) is 53.5. The Morgan fingerprint density at radius 1 is 1.03 bits per heavy atom. The van der Waals surface area contributed by atoms with Crippen molar-refractivity contribution in [3.8, 4) is 22.8 Å². The van der Waals surface area contributed by atoms with Crippen molar-refractivity contribution in [2.45, 2.75) is 89.8 Å². The summed E-state index contributed by atoms with van der Waals surface area (Å²) < 4.78 is 16.9. The first-order valence-corrected chi connectivity index (χ1v) is 20.0. The van der Waals surface area contributed by atoms with Crippen molar-refractivity contribution < 1.29 is 28.4 Å². The summed E-state index contributed by atoms with van der Waals surface area (Å²) in [5, 5.41) is 18.3. The molecule has 3 aromatic heterocycles. The fourth-order valence-electron chi connectivity index (χ4n) is 7.84. The maximum Gasteiger partial charge on any atom is 0.315 e. The summed E-state index contributed by atoms with van der Waals surface area (Å²) in [6.07, 6.45) is 3.69. The number of rotatable bonds is 13. The number of aromatic amines is 1. The molecule has 15 heteroatoms. The number of ether oxygens (including phenoxy) is 2. The number of anilines is 1. The summed E-state index contributed by atoms with van der Waals surface area (Å²) in [7, 11) is 1.67. The third-order valence-corrected chi connectivity index (χ3v) is 11.2. The van der Waals surface area contributed by atoms with Crippen LogP contribution in [0.4, 0.5) is 5.69 Å². The van der Waals surface area contributed by atoms with Crippen molar-refractivity contribution in [1.29, 1.82) is 0 Å². The predicted molar refractivity (Wildman–Crippen MR) is 222 cm³/mol. The topological polar surface area (TPSA) is 198 Å². The molecule has 5 N–H and O–H groups in total. The number of methoxy groups -OCH3 is 1. The molecule has 4 heterocycles. The highest BCUT2D eigenvalue weighted by Crippen LogP contribution is 2.39. The number of carbonyl (C=O) groups excluding carboxylic acids is 3. The van der Waals surface area contributed by atoms with Gasteiger partial charge in [-0.3, -0.25) is 19.7 Å². The quantitative estimate of drug-likeness (QED) is 0.0638. The fourth-order valence-corrected chi connectivity index (χ4v) is 7.84. The second-order valence-corrected chi connectivity index (χ2v) is 16.5. The van der Waals surface area contributed by atoms with E-state index in [1.807, 2.05) is 65.0 Å². The number of H-pyrrole nitrogens is 1. The van der Waals surface area contributed by atoms with Crippen molar-refractivity contribution in [3.05, 3.63) is 89.3 Å². The van der Waals surface area contributed by atoms with Gasteiger partial charge in [-0.2, -0.15) is 4.98 Å². The monoisotopic (exact) mass is 799 g/mol. The average molecular weight is 800 g/mol. The number of imide groups is 1. The number of aryl methyl sites for hydroxylation is 1. The molecule has 0 spiro atoms. The van der Waals surface area contributed by atoms with E-state index in [2.05, 4.69) is 65.6 Å². The van der Waals surface area contributed by atoms with Gasteiger partial charge >= 0.3 is 11.8 Å². The van der Waals surface area contributed by atoms with E-state index in [1.54, 1.807) is 13.4 Å². The Kier molecular flexibility index (Phi) is 10.8. The third-order valence-electron chi connectivity index (χ3n) is 11.2. The van der Waals surface area contributed by atoms with Crippen LogP contribution in [-0.4, -0.2) is 75.2 Å². The second kappa shape index (κ2) is 16.1. The number of nitrogens with zero attached hydrogens (tertiary/aromatic N) is 4. The molecule has 59 heavy (non-hydrogen) atoms. The summed E-state index contributed by atoms with van der Waals surface area (Å²) in [5.74, 6) is 1.18. The Morgan fingerprint density at radius 2 is 1.83 bits per heavy atom. The molecule has 8 rings (SSSR count). The summed E-state index contributed by atoms with van der Waals surface area (Å²) in [6, 6.07) is 18.2. The van der Waals surface area contributed by atoms with Crippen molar-refractivity contribution >= 4 is 45.3 Å². The molecule has 3 amide bonds. The Morgan fingerprint density at radius 3 is 2.54 bits per heavy atom. The SMILES string of the molecule is COc1cc2c(cc1NCCN[C@H]1C[C@@H](c3ccc(O[C@H]4CCC(=O)NC4=O)cc3)C1)[nH]c1ncnc(-c3ccc([C@@H](C)NC(=O)c4nc(C(C)(C)C)no4)c(C)c3)c12. The fraction of sp³-hybridized carbons (Fsp3) is 0.386. The van der Waals surface area contributed by atoms with Gasteiger partial charge in [0.05, 0.1) is 35.4 Å². The van der Waals surface area contributed by atoms with E-state index in [0.717, 1.165) is 69.4 Å². The van der Waals surface area contributed by atoms with Crippen LogP contribution < -0.4 is 30.7 Å². The minimum Gasteiger partial charge on any atom is -0.495 e. The molecule has 2 fully saturated rings. The van der Waals surface area contributed by atoms with Gasteiger partial charge in [-0.25, -0.2) is 9.97 Å². The highest BCUT2D eigenvalue weighted by atomic mass is 16.5. The van der Waals surface area contributed by atoms with Gasteiger partial charge in [0.15, 0.2) is 11.9 Å². The Balaban J connectivity index is 0.876. The van der Waals surface area contributed by atoms with Crippen molar-refractivity contribution in [2.75, 3.05) is 25.5 Å². The van der Waals surface area contributed by atoms with Gasteiger partial charge in [0.25, 0.3) is 5.91 Å². The minimum atomic E-state index is -0.636. The lowest BCUT2D eigenvalue weighted by Gasteiger charge is -2.36. The zero-order valence-corrected chi connectivity index (χ0v) is 34.1. The van der Waals surface area contributed by atoms with Crippen LogP contribution >= 0.6 is 0 Å². The molecule has 1 aliphatic heterocycles. The zero-order valence-electron chi connectivity index (χ0n) is 34.1. The van der Waals surface area contributed by atoms with Crippen molar-refractivity contribution in [2.24, 2.45) is 0 Å². The summed E-state index contributed by atoms with van der Waals surface area (Å²) in [5.41, 5.74) is 7.08. The lowest BCUT2D eigenvalue weighted by atomic mass is 9.76. The smallest absolute Gasteiger partial charge is 0.315 e. The van der Waals surface area contributed by atoms with Crippen LogP contribution in [0, 0.1) is 6.92 Å². The number of hydrogen-bond donors (Lipinski definition) is 5. The Labute approximate surface area is 341 Å². The van der Waals surface area contributed by atoms with E-state index in [0.29, 0.717) is 42.2 Å². The number of nitrogens with one attached hydrogen (secondary N) is 5. The number of amides is 3. The predicted octanol–water partition coefficient (Wildman–Crippen LogP) is 6.40. The normalized spacial score (nSPS) is 18.6. The largest absolute Gasteiger partial charge is 0.495 e. The molecule has 2 atom stereocenters. The molecule has 15 nitrogen and oxygen atoms in total. The maximum absolute atomic E-state index is 13.0. The van der Waals surface area contributed by atoms with Gasteiger partial charge in [0.2, 0.25) is 5.91 Å². The first kappa shape index (κ1) is 39.5. The molecule has 0 radical (unpaired) electrons. The van der Waals surface area contributed by atoms with E-state index in [9.17, 15) is 14.4 Å². The summed E-state index contributed by atoms with van der Waals surface area (Å²) >= 11 is 0. The minimum absolute atomic E-state index is 0.0604. The number of fused-ring (bicyclic) bond motifs is 3. The maximum atomic E-state index is 13.0. The molecule has 6 aromatic rings. The van der Waals surface area contributed by atoms with Gasteiger partial charge in [-0.05, 0) is 79.6 Å². The molecule has 1 saturated carbocycles. The van der Waals surface area contributed by atoms with Crippen molar-refractivity contribution in [3.63, 3.8) is 0 Å². The average Bonchev–Trinajstić information content (AvgIpc) is 3.84. The van der Waals surface area contributed by atoms with Crippen LogP contribution in [-0.2, 0) is 15.0 Å². The molecular formula is C44H49N9O6. The lowest BCUT2D eigenvalue weighted by Crippen LogP contribution is -2.46. The second-order valence-electron chi connectivity index (χ2n) is 16.5. The van der Waals surface area contributed by atoms with Crippen LogP contribution in [0.25, 0.3) is 33.2 Å². The molecule has 1 aliphatic carbocycles. The van der Waals surface area contributed by atoms with E-state index >= 15 is 0 Å². The van der Waals surface area contributed by atoms with E-state index in [4.69, 9.17) is 19.0 Å². The van der Waals surface area contributed by atoms with Crippen LogP contribution in [0.5, 0.6) is 11.5 Å². The number of aromatic nitrogens is 5. The van der Waals surface area contributed by atoms with E-state index in [1.165, 1.54) is 5.56 Å². The van der Waals surface area contributed by atoms with Gasteiger partial charge in [-0.15, -0.1) is 0 Å². The lowest BCUT2D eigenvalue weighted by molar-refractivity contribution is -0.138. The molecule has 0 bridgehead atoms. The van der Waals surface area contributed by atoms with Crippen molar-refractivity contribution in [1.82, 2.24) is 41.0 Å². The van der Waals surface area contributed by atoms with Gasteiger partial charge in [-0.1, -0.05) is 50.2 Å². The van der Waals surface area contributed by atoms with Gasteiger partial charge in [0.1, 0.15) is 23.5 Å². The van der Waals surface area contributed by atoms with Crippen LogP contribution in [0.2, 0.25) is 0 Å². The Bertz CT molecular complexity index is 2530. The van der Waals surface area contributed by atoms with E-state index < -0.39 is 12.0 Å². The van der Waals surface area contributed by atoms with Gasteiger partial charge < -0.3 is 34.9 Å². The highest BCUT2D eigenvalue weighted by Gasteiger charge is 2.31. The molecule has 306 valence electrons. The first-order valence-electron chi connectivity index (χ1n) is 20.0. The number of carbonyl (C=O) groups is 3.